The fourth-order valence-corrected chi connectivity index (χ4v) is 2.14. The summed E-state index contributed by atoms with van der Waals surface area (Å²) in [6.07, 6.45) is 3.62. The summed E-state index contributed by atoms with van der Waals surface area (Å²) in [5.74, 6) is 0.775. The van der Waals surface area contributed by atoms with Gasteiger partial charge in [0, 0.05) is 19.0 Å². The number of para-hydroxylation sites is 1. The van der Waals surface area contributed by atoms with E-state index in [2.05, 4.69) is 22.3 Å². The first-order valence-electron chi connectivity index (χ1n) is 6.34. The number of hydrogen-bond donors (Lipinski definition) is 0. The maximum Gasteiger partial charge on any atom is 0.157 e. The minimum atomic E-state index is 0.455. The third-order valence-corrected chi connectivity index (χ3v) is 3.14. The van der Waals surface area contributed by atoms with E-state index in [0.717, 1.165) is 28.9 Å². The zero-order valence-corrected chi connectivity index (χ0v) is 11.1. The van der Waals surface area contributed by atoms with Crippen molar-refractivity contribution in [1.82, 2.24) is 19.6 Å². The van der Waals surface area contributed by atoms with Crippen molar-refractivity contribution in [1.29, 1.82) is 0 Å². The summed E-state index contributed by atoms with van der Waals surface area (Å²) in [4.78, 5) is 0. The molecule has 0 radical (unpaired) electrons. The standard InChI is InChI=1S/C14H16N4O/c1-3-18-9-11(8-15-18)19-10-13-12-6-4-5-7-14(12)17(2)16-13/h4-9H,3,10H2,1-2H3. The van der Waals surface area contributed by atoms with Gasteiger partial charge in [0.2, 0.25) is 0 Å². The van der Waals surface area contributed by atoms with Crippen LogP contribution >= 0.6 is 0 Å². The summed E-state index contributed by atoms with van der Waals surface area (Å²) >= 11 is 0. The Balaban J connectivity index is 1.82. The van der Waals surface area contributed by atoms with Gasteiger partial charge >= 0.3 is 0 Å². The van der Waals surface area contributed by atoms with Gasteiger partial charge in [0.25, 0.3) is 0 Å². The molecule has 5 heteroatoms. The largest absolute Gasteiger partial charge is 0.484 e. The van der Waals surface area contributed by atoms with Gasteiger partial charge in [-0.05, 0) is 13.0 Å². The summed E-state index contributed by atoms with van der Waals surface area (Å²) in [5.41, 5.74) is 2.06. The molecule has 5 nitrogen and oxygen atoms in total. The van der Waals surface area contributed by atoms with Crippen molar-refractivity contribution < 1.29 is 4.74 Å². The second-order valence-electron chi connectivity index (χ2n) is 4.41. The number of aryl methyl sites for hydroxylation is 2. The van der Waals surface area contributed by atoms with E-state index < -0.39 is 0 Å². The van der Waals surface area contributed by atoms with Crippen LogP contribution in [0, 0.1) is 0 Å². The van der Waals surface area contributed by atoms with Crippen molar-refractivity contribution in [2.75, 3.05) is 0 Å². The molecule has 2 aromatic heterocycles. The van der Waals surface area contributed by atoms with Crippen molar-refractivity contribution in [3.05, 3.63) is 42.4 Å². The number of hydrogen-bond acceptors (Lipinski definition) is 3. The molecule has 0 amide bonds. The Labute approximate surface area is 111 Å². The van der Waals surface area contributed by atoms with Crippen LogP contribution in [-0.4, -0.2) is 19.6 Å². The molecule has 0 fully saturated rings. The molecule has 0 aliphatic carbocycles. The van der Waals surface area contributed by atoms with Crippen LogP contribution in [0.15, 0.2) is 36.7 Å². The van der Waals surface area contributed by atoms with Crippen LogP contribution in [0.1, 0.15) is 12.6 Å². The molecule has 0 unspecified atom stereocenters. The fraction of sp³-hybridized carbons (Fsp3) is 0.286. The Morgan fingerprint density at radius 1 is 1.26 bits per heavy atom. The van der Waals surface area contributed by atoms with Gasteiger partial charge in [-0.25, -0.2) is 0 Å². The van der Waals surface area contributed by atoms with E-state index in [-0.39, 0.29) is 0 Å². The first kappa shape index (κ1) is 11.8. The molecule has 0 saturated heterocycles. The van der Waals surface area contributed by atoms with E-state index in [1.54, 1.807) is 6.20 Å². The average Bonchev–Trinajstić information content (AvgIpc) is 3.02. The Hall–Kier alpha value is -2.30. The zero-order chi connectivity index (χ0) is 13.2. The Kier molecular flexibility index (Phi) is 2.95. The molecule has 2 heterocycles. The van der Waals surface area contributed by atoms with Crippen molar-refractivity contribution >= 4 is 10.9 Å². The summed E-state index contributed by atoms with van der Waals surface area (Å²) in [7, 11) is 1.95. The molecule has 3 rings (SSSR count). The van der Waals surface area contributed by atoms with Crippen LogP contribution in [0.3, 0.4) is 0 Å². The molecule has 0 N–H and O–H groups in total. The number of nitrogens with zero attached hydrogens (tertiary/aromatic N) is 4. The van der Waals surface area contributed by atoms with Gasteiger partial charge in [-0.3, -0.25) is 9.36 Å². The number of benzene rings is 1. The van der Waals surface area contributed by atoms with E-state index >= 15 is 0 Å². The van der Waals surface area contributed by atoms with Crippen LogP contribution < -0.4 is 4.74 Å². The first-order chi connectivity index (χ1) is 9.28. The fourth-order valence-electron chi connectivity index (χ4n) is 2.14. The summed E-state index contributed by atoms with van der Waals surface area (Å²) in [6.45, 7) is 3.34. The van der Waals surface area contributed by atoms with Crippen molar-refractivity contribution in [2.45, 2.75) is 20.1 Å². The summed E-state index contributed by atoms with van der Waals surface area (Å²) in [5, 5.41) is 9.81. The Bertz CT molecular complexity index is 698. The van der Waals surface area contributed by atoms with Gasteiger partial charge in [0.15, 0.2) is 5.75 Å². The minimum Gasteiger partial charge on any atom is -0.484 e. The normalized spacial score (nSPS) is 11.1. The second kappa shape index (κ2) is 4.76. The van der Waals surface area contributed by atoms with E-state index in [4.69, 9.17) is 4.74 Å². The minimum absolute atomic E-state index is 0.455. The highest BCUT2D eigenvalue weighted by Crippen LogP contribution is 2.19. The van der Waals surface area contributed by atoms with Crippen LogP contribution in [0.25, 0.3) is 10.9 Å². The summed E-state index contributed by atoms with van der Waals surface area (Å²) in [6, 6.07) is 8.15. The smallest absolute Gasteiger partial charge is 0.157 e. The lowest BCUT2D eigenvalue weighted by atomic mass is 10.2. The van der Waals surface area contributed by atoms with E-state index in [0.29, 0.717) is 6.61 Å². The van der Waals surface area contributed by atoms with Crippen molar-refractivity contribution in [3.63, 3.8) is 0 Å². The van der Waals surface area contributed by atoms with E-state index in [1.165, 1.54) is 0 Å². The monoisotopic (exact) mass is 256 g/mol. The van der Waals surface area contributed by atoms with Gasteiger partial charge < -0.3 is 4.74 Å². The van der Waals surface area contributed by atoms with E-state index in [1.807, 2.05) is 41.7 Å². The Morgan fingerprint density at radius 2 is 2.11 bits per heavy atom. The van der Waals surface area contributed by atoms with Gasteiger partial charge in [0.1, 0.15) is 12.3 Å². The number of aromatic nitrogens is 4. The second-order valence-corrected chi connectivity index (χ2v) is 4.41. The lowest BCUT2D eigenvalue weighted by Gasteiger charge is -2.00. The number of rotatable bonds is 4. The molecule has 0 atom stereocenters. The molecule has 1 aromatic carbocycles. The van der Waals surface area contributed by atoms with Gasteiger partial charge in [0.05, 0.1) is 17.9 Å². The molecule has 0 bridgehead atoms. The highest BCUT2D eigenvalue weighted by Gasteiger charge is 2.08. The zero-order valence-electron chi connectivity index (χ0n) is 11.1. The molecule has 0 saturated carbocycles. The predicted molar refractivity (Wildman–Crippen MR) is 72.9 cm³/mol. The molecular formula is C14H16N4O. The highest BCUT2D eigenvalue weighted by atomic mass is 16.5. The highest BCUT2D eigenvalue weighted by molar-refractivity contribution is 5.81. The number of ether oxygens (including phenoxy) is 1. The lowest BCUT2D eigenvalue weighted by molar-refractivity contribution is 0.301. The molecule has 0 aliphatic rings. The van der Waals surface area contributed by atoms with Crippen molar-refractivity contribution in [3.8, 4) is 5.75 Å². The first-order valence-corrected chi connectivity index (χ1v) is 6.34. The molecule has 0 spiro atoms. The molecule has 19 heavy (non-hydrogen) atoms. The van der Waals surface area contributed by atoms with Crippen LogP contribution in [0.4, 0.5) is 0 Å². The number of fused-ring (bicyclic) bond motifs is 1. The van der Waals surface area contributed by atoms with Gasteiger partial charge in [-0.1, -0.05) is 18.2 Å². The van der Waals surface area contributed by atoms with E-state index in [9.17, 15) is 0 Å². The third kappa shape index (κ3) is 2.19. The van der Waals surface area contributed by atoms with Crippen LogP contribution in [0.5, 0.6) is 5.75 Å². The predicted octanol–water partition coefficient (Wildman–Crippen LogP) is 2.37. The average molecular weight is 256 g/mol. The van der Waals surface area contributed by atoms with Gasteiger partial charge in [-0.15, -0.1) is 0 Å². The van der Waals surface area contributed by atoms with Crippen LogP contribution in [0.2, 0.25) is 0 Å². The molecular weight excluding hydrogens is 240 g/mol. The maximum atomic E-state index is 5.74. The SMILES string of the molecule is CCn1cc(OCc2nn(C)c3ccccc23)cn1. The quantitative estimate of drug-likeness (QED) is 0.720. The van der Waals surface area contributed by atoms with Crippen LogP contribution in [-0.2, 0) is 20.2 Å². The molecule has 3 aromatic rings. The topological polar surface area (TPSA) is 44.9 Å². The summed E-state index contributed by atoms with van der Waals surface area (Å²) < 4.78 is 9.45. The molecule has 98 valence electrons. The van der Waals surface area contributed by atoms with Crippen molar-refractivity contribution in [2.24, 2.45) is 7.05 Å². The third-order valence-electron chi connectivity index (χ3n) is 3.14. The lowest BCUT2D eigenvalue weighted by Crippen LogP contribution is -1.98. The van der Waals surface area contributed by atoms with Gasteiger partial charge in [-0.2, -0.15) is 10.2 Å². The Morgan fingerprint density at radius 3 is 2.89 bits per heavy atom. The molecule has 0 aliphatic heterocycles. The maximum absolute atomic E-state index is 5.74.